The molecule has 0 atom stereocenters. The van der Waals surface area contributed by atoms with Crippen molar-refractivity contribution in [1.29, 1.82) is 0 Å². The quantitative estimate of drug-likeness (QED) is 0.544. The van der Waals surface area contributed by atoms with E-state index in [1.165, 1.54) is 31.5 Å². The molecule has 3 N–H and O–H groups in total. The topological polar surface area (TPSA) is 100 Å². The van der Waals surface area contributed by atoms with Gasteiger partial charge in [-0.25, -0.2) is 9.82 Å². The third-order valence-electron chi connectivity index (χ3n) is 3.14. The molecule has 0 aromatic heterocycles. The molecule has 2 aromatic rings. The smallest absolute Gasteiger partial charge is 0.259 e. The highest BCUT2D eigenvalue weighted by atomic mass is 19.1. The Morgan fingerprint density at radius 2 is 2.04 bits per heavy atom. The molecule has 7 nitrogen and oxygen atoms in total. The molecule has 0 radical (unpaired) electrons. The highest BCUT2D eigenvalue weighted by molar-refractivity contribution is 5.96. The van der Waals surface area contributed by atoms with Crippen molar-refractivity contribution >= 4 is 18.0 Å². The normalized spacial score (nSPS) is 10.5. The van der Waals surface area contributed by atoms with E-state index in [9.17, 15) is 19.1 Å². The van der Waals surface area contributed by atoms with Crippen molar-refractivity contribution in [3.8, 4) is 11.5 Å². The number of halogens is 1. The first-order valence-electron chi connectivity index (χ1n) is 7.23. The van der Waals surface area contributed by atoms with E-state index < -0.39 is 17.6 Å². The van der Waals surface area contributed by atoms with Crippen LogP contribution >= 0.6 is 0 Å². The number of hydrogen-bond acceptors (Lipinski definition) is 5. The number of phenols is 1. The van der Waals surface area contributed by atoms with Crippen LogP contribution in [0.4, 0.5) is 4.39 Å². The minimum atomic E-state index is -0.580. The van der Waals surface area contributed by atoms with E-state index in [0.717, 1.165) is 6.07 Å². The molecule has 0 saturated carbocycles. The van der Waals surface area contributed by atoms with E-state index in [4.69, 9.17) is 4.74 Å². The molecule has 0 aliphatic heterocycles. The Morgan fingerprint density at radius 3 is 2.76 bits per heavy atom. The van der Waals surface area contributed by atoms with Crippen molar-refractivity contribution in [2.75, 3.05) is 13.7 Å². The molecular formula is C17H16FN3O4. The molecule has 8 heteroatoms. The number of methoxy groups -OCH3 is 1. The van der Waals surface area contributed by atoms with Crippen LogP contribution in [0.25, 0.3) is 0 Å². The van der Waals surface area contributed by atoms with Gasteiger partial charge in [0.2, 0.25) is 0 Å². The molecule has 130 valence electrons. The summed E-state index contributed by atoms with van der Waals surface area (Å²) in [5.74, 6) is -1.53. The third kappa shape index (κ3) is 5.03. The van der Waals surface area contributed by atoms with E-state index >= 15 is 0 Å². The lowest BCUT2D eigenvalue weighted by molar-refractivity contribution is -0.120. The first kappa shape index (κ1) is 17.9. The number of rotatable bonds is 6. The summed E-state index contributed by atoms with van der Waals surface area (Å²) in [5, 5.41) is 15.9. The van der Waals surface area contributed by atoms with Crippen molar-refractivity contribution in [3.63, 3.8) is 0 Å². The predicted molar refractivity (Wildman–Crippen MR) is 89.1 cm³/mol. The molecule has 0 bridgehead atoms. The highest BCUT2D eigenvalue weighted by Gasteiger charge is 2.08. The fourth-order valence-electron chi connectivity index (χ4n) is 1.91. The highest BCUT2D eigenvalue weighted by Crippen LogP contribution is 2.27. The zero-order valence-electron chi connectivity index (χ0n) is 13.3. The second kappa shape index (κ2) is 8.44. The summed E-state index contributed by atoms with van der Waals surface area (Å²) in [4.78, 5) is 23.4. The Hall–Kier alpha value is -3.42. The molecule has 25 heavy (non-hydrogen) atoms. The van der Waals surface area contributed by atoms with Gasteiger partial charge < -0.3 is 15.2 Å². The van der Waals surface area contributed by atoms with Crippen LogP contribution in [0.15, 0.2) is 47.6 Å². The van der Waals surface area contributed by atoms with Crippen LogP contribution in [0.2, 0.25) is 0 Å². The zero-order chi connectivity index (χ0) is 18.2. The number of ether oxygens (including phenoxy) is 1. The van der Waals surface area contributed by atoms with Crippen molar-refractivity contribution in [2.45, 2.75) is 0 Å². The number of para-hydroxylation sites is 1. The number of aromatic hydroxyl groups is 1. The number of carbonyl (C=O) groups is 2. The number of carbonyl (C=O) groups excluding carboxylic acids is 2. The summed E-state index contributed by atoms with van der Waals surface area (Å²) in [5.41, 5.74) is 2.66. The molecule has 2 aromatic carbocycles. The van der Waals surface area contributed by atoms with Gasteiger partial charge in [-0.05, 0) is 30.3 Å². The summed E-state index contributed by atoms with van der Waals surface area (Å²) in [6.45, 7) is -0.337. The summed E-state index contributed by atoms with van der Waals surface area (Å²) >= 11 is 0. The van der Waals surface area contributed by atoms with Crippen LogP contribution in [-0.2, 0) is 4.79 Å². The van der Waals surface area contributed by atoms with Crippen molar-refractivity contribution < 1.29 is 23.8 Å². The first-order chi connectivity index (χ1) is 12.0. The number of nitrogens with one attached hydrogen (secondary N) is 2. The van der Waals surface area contributed by atoms with Gasteiger partial charge in [0.1, 0.15) is 5.82 Å². The van der Waals surface area contributed by atoms with Gasteiger partial charge in [-0.15, -0.1) is 0 Å². The number of nitrogens with zero attached hydrogens (tertiary/aromatic N) is 1. The van der Waals surface area contributed by atoms with Gasteiger partial charge in [0.15, 0.2) is 11.5 Å². The number of amides is 2. The van der Waals surface area contributed by atoms with E-state index in [-0.39, 0.29) is 23.6 Å². The average molecular weight is 345 g/mol. The van der Waals surface area contributed by atoms with E-state index in [2.05, 4.69) is 15.8 Å². The lowest BCUT2D eigenvalue weighted by atomic mass is 10.2. The number of benzene rings is 2. The van der Waals surface area contributed by atoms with Gasteiger partial charge in [-0.3, -0.25) is 9.59 Å². The largest absolute Gasteiger partial charge is 0.504 e. The van der Waals surface area contributed by atoms with Gasteiger partial charge >= 0.3 is 0 Å². The molecule has 2 rings (SSSR count). The Bertz CT molecular complexity index is 808. The lowest BCUT2D eigenvalue weighted by Gasteiger charge is -2.05. The summed E-state index contributed by atoms with van der Waals surface area (Å²) in [6.07, 6.45) is 1.24. The van der Waals surface area contributed by atoms with Crippen molar-refractivity contribution in [1.82, 2.24) is 10.7 Å². The van der Waals surface area contributed by atoms with Crippen LogP contribution in [-0.4, -0.2) is 36.8 Å². The molecule has 0 spiro atoms. The molecule has 0 aliphatic rings. The van der Waals surface area contributed by atoms with Crippen LogP contribution in [0, 0.1) is 5.82 Å². The maximum absolute atomic E-state index is 13.0. The average Bonchev–Trinajstić information content (AvgIpc) is 2.61. The Morgan fingerprint density at radius 1 is 1.28 bits per heavy atom. The van der Waals surface area contributed by atoms with Crippen LogP contribution < -0.4 is 15.5 Å². The molecule has 0 saturated heterocycles. The molecule has 0 fully saturated rings. The summed E-state index contributed by atoms with van der Waals surface area (Å²) < 4.78 is 18.0. The Balaban J connectivity index is 1.86. The maximum Gasteiger partial charge on any atom is 0.259 e. The standard InChI is InChI=1S/C17H16FN3O4/c1-25-14-7-3-5-12(16(14)23)9-20-21-15(22)10-19-17(24)11-4-2-6-13(18)8-11/h2-9,23H,10H2,1H3,(H,19,24)(H,21,22)/b20-9-. The molecule has 2 amide bonds. The van der Waals surface area contributed by atoms with Crippen LogP contribution in [0.1, 0.15) is 15.9 Å². The molecule has 0 aliphatic carbocycles. The van der Waals surface area contributed by atoms with E-state index in [1.54, 1.807) is 18.2 Å². The second-order valence-electron chi connectivity index (χ2n) is 4.88. The Labute approximate surface area is 143 Å². The number of phenolic OH excluding ortho intramolecular Hbond substituents is 1. The van der Waals surface area contributed by atoms with Gasteiger partial charge in [0.05, 0.1) is 19.9 Å². The lowest BCUT2D eigenvalue weighted by Crippen LogP contribution is -2.34. The van der Waals surface area contributed by atoms with Crippen LogP contribution in [0.3, 0.4) is 0 Å². The fraction of sp³-hybridized carbons (Fsp3) is 0.118. The summed E-state index contributed by atoms with van der Waals surface area (Å²) in [6, 6.07) is 9.92. The second-order valence-corrected chi connectivity index (χ2v) is 4.88. The van der Waals surface area contributed by atoms with Crippen molar-refractivity contribution in [3.05, 3.63) is 59.4 Å². The number of hydrogen-bond donors (Lipinski definition) is 3. The SMILES string of the molecule is COc1cccc(/C=N\NC(=O)CNC(=O)c2cccc(F)c2)c1O. The molecule has 0 heterocycles. The number of hydrazone groups is 1. The van der Waals surface area contributed by atoms with Crippen molar-refractivity contribution in [2.24, 2.45) is 5.10 Å². The summed E-state index contributed by atoms with van der Waals surface area (Å²) in [7, 11) is 1.42. The maximum atomic E-state index is 13.0. The zero-order valence-corrected chi connectivity index (χ0v) is 13.3. The third-order valence-corrected chi connectivity index (χ3v) is 3.14. The Kier molecular flexibility index (Phi) is 6.05. The van der Waals surface area contributed by atoms with Gasteiger partial charge in [0.25, 0.3) is 11.8 Å². The minimum Gasteiger partial charge on any atom is -0.504 e. The van der Waals surface area contributed by atoms with Gasteiger partial charge in [0, 0.05) is 11.1 Å². The predicted octanol–water partition coefficient (Wildman–Crippen LogP) is 1.42. The first-order valence-corrected chi connectivity index (χ1v) is 7.23. The van der Waals surface area contributed by atoms with Gasteiger partial charge in [-0.2, -0.15) is 5.10 Å². The van der Waals surface area contributed by atoms with E-state index in [1.807, 2.05) is 0 Å². The molecule has 0 unspecified atom stereocenters. The van der Waals surface area contributed by atoms with Gasteiger partial charge in [-0.1, -0.05) is 12.1 Å². The fourth-order valence-corrected chi connectivity index (χ4v) is 1.91. The van der Waals surface area contributed by atoms with Crippen LogP contribution in [0.5, 0.6) is 11.5 Å². The van der Waals surface area contributed by atoms with E-state index in [0.29, 0.717) is 5.56 Å². The molecular weight excluding hydrogens is 329 g/mol. The monoisotopic (exact) mass is 345 g/mol. The minimum absolute atomic E-state index is 0.109.